The minimum atomic E-state index is -0.967. The van der Waals surface area contributed by atoms with Crippen LogP contribution >= 0.6 is 0 Å². The molecule has 54 heavy (non-hydrogen) atoms. The van der Waals surface area contributed by atoms with Gasteiger partial charge in [-0.25, -0.2) is 0 Å². The normalized spacial score (nSPS) is 16.3. The number of aromatic hydroxyl groups is 4. The Morgan fingerprint density at radius 1 is 0.870 bits per heavy atom. The second kappa shape index (κ2) is 16.8. The average Bonchev–Trinajstić information content (AvgIpc) is 3.65. The number of carbonyl (C=O) groups is 1. The van der Waals surface area contributed by atoms with Crippen LogP contribution < -0.4 is 20.1 Å². The Kier molecular flexibility index (Phi) is 11.9. The van der Waals surface area contributed by atoms with E-state index in [1.165, 1.54) is 13.2 Å². The van der Waals surface area contributed by atoms with E-state index >= 15 is 0 Å². The summed E-state index contributed by atoms with van der Waals surface area (Å²) in [6.45, 7) is 4.89. The largest absolute Gasteiger partial charge is 0.508 e. The van der Waals surface area contributed by atoms with Gasteiger partial charge in [-0.15, -0.1) is 0 Å². The molecule has 1 saturated carbocycles. The fraction of sp³-hybridized carbons (Fsp3) is 0.386. The second-order valence-corrected chi connectivity index (χ2v) is 15.1. The van der Waals surface area contributed by atoms with Crippen molar-refractivity contribution in [1.82, 2.24) is 5.32 Å². The number of phenols is 4. The Labute approximate surface area is 316 Å². The summed E-state index contributed by atoms with van der Waals surface area (Å²) in [6, 6.07) is 19.5. The number of Topliss-reactive ketones (excluding diaryl/α,β-unsaturated/α-hetero) is 1. The van der Waals surface area contributed by atoms with Crippen molar-refractivity contribution in [1.29, 1.82) is 0 Å². The van der Waals surface area contributed by atoms with E-state index in [1.54, 1.807) is 36.4 Å². The first-order valence-electron chi connectivity index (χ1n) is 18.9. The van der Waals surface area contributed by atoms with E-state index in [0.717, 1.165) is 59.1 Å². The Morgan fingerprint density at radius 3 is 2.37 bits per heavy atom. The van der Waals surface area contributed by atoms with Gasteiger partial charge < -0.3 is 45.6 Å². The summed E-state index contributed by atoms with van der Waals surface area (Å²) in [4.78, 5) is 14.7. The lowest BCUT2D eigenvalue weighted by Gasteiger charge is -2.42. The van der Waals surface area contributed by atoms with Crippen molar-refractivity contribution in [3.8, 4) is 34.5 Å². The third-order valence-electron chi connectivity index (χ3n) is 10.7. The van der Waals surface area contributed by atoms with Crippen LogP contribution in [0.2, 0.25) is 0 Å². The van der Waals surface area contributed by atoms with E-state index in [2.05, 4.69) is 22.8 Å². The highest BCUT2D eigenvalue weighted by molar-refractivity contribution is 5.87. The van der Waals surface area contributed by atoms with E-state index in [0.29, 0.717) is 43.7 Å². The van der Waals surface area contributed by atoms with Gasteiger partial charge in [0, 0.05) is 24.1 Å². The van der Waals surface area contributed by atoms with Gasteiger partial charge in [-0.1, -0.05) is 51.0 Å². The van der Waals surface area contributed by atoms with Gasteiger partial charge in [0.05, 0.1) is 25.7 Å². The number of allylic oxidation sites excluding steroid dienone is 2. The first kappa shape index (κ1) is 38.4. The molecule has 0 spiro atoms. The number of phenolic OH excluding ortho intramolecular Hbond substituents is 4. The number of hydrogen-bond donors (Lipinski definition) is 7. The molecule has 4 aromatic carbocycles. The number of ketones is 1. The maximum Gasteiger partial charge on any atom is 0.200 e. The van der Waals surface area contributed by atoms with Gasteiger partial charge in [0.15, 0.2) is 23.0 Å². The zero-order valence-corrected chi connectivity index (χ0v) is 31.3. The molecule has 6 rings (SSSR count). The topological polar surface area (TPSA) is 161 Å². The zero-order valence-electron chi connectivity index (χ0n) is 31.3. The van der Waals surface area contributed by atoms with Crippen molar-refractivity contribution in [2.45, 2.75) is 71.3 Å². The number of fused-ring (bicyclic) bond motifs is 1. The van der Waals surface area contributed by atoms with Crippen molar-refractivity contribution < 1.29 is 39.8 Å². The number of aliphatic hydroxyl groups excluding tert-OH is 1. The number of anilines is 1. The van der Waals surface area contributed by atoms with Crippen molar-refractivity contribution in [2.24, 2.45) is 17.3 Å². The first-order chi connectivity index (χ1) is 25.9. The minimum Gasteiger partial charge on any atom is -0.508 e. The molecule has 0 aromatic heterocycles. The highest BCUT2D eigenvalue weighted by atomic mass is 16.5. The highest BCUT2D eigenvalue weighted by Crippen LogP contribution is 2.53. The van der Waals surface area contributed by atoms with Gasteiger partial charge in [-0.05, 0) is 120 Å². The molecule has 7 N–H and O–H groups in total. The monoisotopic (exact) mass is 736 g/mol. The Bertz CT molecular complexity index is 2030. The molecular formula is C44H52N2O8. The number of benzene rings is 4. The smallest absolute Gasteiger partial charge is 0.200 e. The lowest BCUT2D eigenvalue weighted by Crippen LogP contribution is -2.44. The predicted octanol–water partition coefficient (Wildman–Crippen LogP) is 7.86. The molecule has 0 bridgehead atoms. The number of aryl methyl sites for hydroxylation is 2. The van der Waals surface area contributed by atoms with Gasteiger partial charge in [0.1, 0.15) is 17.4 Å². The average molecular weight is 737 g/mol. The van der Waals surface area contributed by atoms with Crippen molar-refractivity contribution >= 4 is 22.2 Å². The Hall–Kier alpha value is -5.35. The van der Waals surface area contributed by atoms with Crippen molar-refractivity contribution in [2.75, 3.05) is 25.6 Å². The summed E-state index contributed by atoms with van der Waals surface area (Å²) in [5.74, 6) is 0.375. The standard InChI is InChI=1S/C44H52N2O8/c1-27(2)26-54-40-22-29(20-38(51)43(40)52)8-15-37(50)42(36(49)14-7-28-6-13-35(48)39(21-28)53-3)44(17-4-5-18-44)32-16-19-45-41(25-32)46-33-11-9-31-24-34(47)12-10-30(31)23-33/h6,9-13,16,20-25,27,36,42,45-49,51-52H,4-5,7-8,14-15,17-19,26H2,1-3H3/t36-,42-/m1/s1. The number of ether oxygens (including phenoxy) is 2. The van der Waals surface area contributed by atoms with Gasteiger partial charge in [-0.3, -0.25) is 4.79 Å². The summed E-state index contributed by atoms with van der Waals surface area (Å²) < 4.78 is 11.1. The molecular weight excluding hydrogens is 684 g/mol. The van der Waals surface area contributed by atoms with E-state index in [-0.39, 0.29) is 46.9 Å². The molecule has 1 aliphatic carbocycles. The van der Waals surface area contributed by atoms with Crippen LogP contribution in [0, 0.1) is 17.3 Å². The number of methoxy groups -OCH3 is 1. The van der Waals surface area contributed by atoms with Crippen LogP contribution in [0.1, 0.15) is 63.5 Å². The lowest BCUT2D eigenvalue weighted by molar-refractivity contribution is -0.131. The molecule has 10 heteroatoms. The maximum atomic E-state index is 14.7. The molecule has 0 amide bonds. The van der Waals surface area contributed by atoms with Crippen LogP contribution in [-0.2, 0) is 17.6 Å². The number of dihydropyridines is 1. The summed E-state index contributed by atoms with van der Waals surface area (Å²) in [5.41, 5.74) is 2.81. The lowest BCUT2D eigenvalue weighted by atomic mass is 9.63. The number of nitrogens with one attached hydrogen (secondary N) is 2. The van der Waals surface area contributed by atoms with E-state index in [9.17, 15) is 30.3 Å². The minimum absolute atomic E-state index is 0.0369. The third-order valence-corrected chi connectivity index (χ3v) is 10.7. The number of aliphatic hydroxyl groups is 1. The van der Waals surface area contributed by atoms with Gasteiger partial charge in [0.2, 0.25) is 5.75 Å². The molecule has 0 unspecified atom stereocenters. The van der Waals surface area contributed by atoms with Gasteiger partial charge in [-0.2, -0.15) is 0 Å². The maximum absolute atomic E-state index is 14.7. The predicted molar refractivity (Wildman–Crippen MR) is 210 cm³/mol. The molecule has 4 aromatic rings. The molecule has 286 valence electrons. The summed E-state index contributed by atoms with van der Waals surface area (Å²) in [6.07, 6.45) is 7.80. The van der Waals surface area contributed by atoms with Crippen LogP contribution in [0.15, 0.2) is 90.3 Å². The second-order valence-electron chi connectivity index (χ2n) is 15.1. The van der Waals surface area contributed by atoms with Crippen LogP contribution in [0.4, 0.5) is 5.69 Å². The summed E-state index contributed by atoms with van der Waals surface area (Å²) >= 11 is 0. The van der Waals surface area contributed by atoms with Crippen LogP contribution in [0.5, 0.6) is 34.5 Å². The van der Waals surface area contributed by atoms with Crippen molar-refractivity contribution in [3.05, 3.63) is 101 Å². The Balaban J connectivity index is 1.29. The van der Waals surface area contributed by atoms with Crippen LogP contribution in [0.3, 0.4) is 0 Å². The van der Waals surface area contributed by atoms with Gasteiger partial charge in [0.25, 0.3) is 0 Å². The molecule has 1 aliphatic heterocycles. The SMILES string of the molecule is COc1cc(CC[C@@H](O)[C@H](C(=O)CCc2cc(O)c(O)c(OCC(C)C)c2)C2(C3=CCNC(Nc4ccc5cc(O)ccc5c4)=C3)CCCC2)ccc1O. The summed E-state index contributed by atoms with van der Waals surface area (Å²) in [5, 5.41) is 62.0. The highest BCUT2D eigenvalue weighted by Gasteiger charge is 2.49. The molecule has 2 atom stereocenters. The Morgan fingerprint density at radius 2 is 1.61 bits per heavy atom. The van der Waals surface area contributed by atoms with E-state index in [4.69, 9.17) is 9.47 Å². The number of hydrogen-bond acceptors (Lipinski definition) is 10. The molecule has 10 nitrogen and oxygen atoms in total. The fourth-order valence-corrected chi connectivity index (χ4v) is 8.05. The quantitative estimate of drug-likeness (QED) is 0.0565. The number of carbonyl (C=O) groups excluding carboxylic acids is 1. The molecule has 1 fully saturated rings. The summed E-state index contributed by atoms with van der Waals surface area (Å²) in [7, 11) is 1.49. The van der Waals surface area contributed by atoms with E-state index < -0.39 is 17.4 Å². The van der Waals surface area contributed by atoms with Gasteiger partial charge >= 0.3 is 0 Å². The third kappa shape index (κ3) is 8.71. The first-order valence-corrected chi connectivity index (χ1v) is 18.9. The molecule has 0 radical (unpaired) electrons. The van der Waals surface area contributed by atoms with E-state index in [1.807, 2.05) is 38.1 Å². The van der Waals surface area contributed by atoms with Crippen molar-refractivity contribution in [3.63, 3.8) is 0 Å². The molecule has 2 aliphatic rings. The fourth-order valence-electron chi connectivity index (χ4n) is 8.05. The van der Waals surface area contributed by atoms with Crippen LogP contribution in [0.25, 0.3) is 10.8 Å². The molecule has 0 saturated heterocycles. The molecule has 1 heterocycles. The van der Waals surface area contributed by atoms with Crippen LogP contribution in [-0.4, -0.2) is 57.7 Å². The number of rotatable bonds is 16. The zero-order chi connectivity index (χ0) is 38.4.